The van der Waals surface area contributed by atoms with Crippen LogP contribution in [0.2, 0.25) is 0 Å². The maximum Gasteiger partial charge on any atom is 0.324 e. The van der Waals surface area contributed by atoms with Crippen molar-refractivity contribution in [2.24, 2.45) is 0 Å². The molecule has 0 bridgehead atoms. The molecule has 0 aliphatic carbocycles. The SMILES string of the molecule is CNS(=O)(=O)c1ccc(NCC(F)(F)C(F)F)cc1N. The Morgan fingerprint density at radius 1 is 1.35 bits per heavy atom. The van der Waals surface area contributed by atoms with Crippen molar-refractivity contribution in [1.82, 2.24) is 4.72 Å². The lowest BCUT2D eigenvalue weighted by atomic mass is 10.2. The number of nitrogens with two attached hydrogens (primary N) is 1. The molecule has 0 aliphatic rings. The van der Waals surface area contributed by atoms with Crippen molar-refractivity contribution in [3.63, 3.8) is 0 Å². The topological polar surface area (TPSA) is 84.2 Å². The zero-order valence-corrected chi connectivity index (χ0v) is 11.1. The second-order valence-corrected chi connectivity index (χ2v) is 5.73. The average Bonchev–Trinajstić information content (AvgIpc) is 2.36. The predicted octanol–water partition coefficient (Wildman–Crippen LogP) is 1.49. The summed E-state index contributed by atoms with van der Waals surface area (Å²) >= 11 is 0. The third-order valence-corrected chi connectivity index (χ3v) is 3.90. The number of benzene rings is 1. The molecule has 0 unspecified atom stereocenters. The van der Waals surface area contributed by atoms with Gasteiger partial charge in [0.15, 0.2) is 0 Å². The van der Waals surface area contributed by atoms with E-state index in [0.717, 1.165) is 18.2 Å². The molecule has 0 spiro atoms. The first-order valence-electron chi connectivity index (χ1n) is 5.33. The summed E-state index contributed by atoms with van der Waals surface area (Å²) in [4.78, 5) is -0.230. The van der Waals surface area contributed by atoms with Gasteiger partial charge >= 0.3 is 12.3 Å². The van der Waals surface area contributed by atoms with Crippen LogP contribution in [0.15, 0.2) is 23.1 Å². The summed E-state index contributed by atoms with van der Waals surface area (Å²) in [7, 11) is -2.59. The maximum absolute atomic E-state index is 12.7. The highest BCUT2D eigenvalue weighted by Crippen LogP contribution is 2.26. The Labute approximate surface area is 113 Å². The Kier molecular flexibility index (Phi) is 4.81. The minimum atomic E-state index is -4.19. The molecule has 1 aromatic rings. The van der Waals surface area contributed by atoms with Gasteiger partial charge in [0.25, 0.3) is 0 Å². The lowest BCUT2D eigenvalue weighted by Crippen LogP contribution is -2.34. The van der Waals surface area contributed by atoms with E-state index in [0.29, 0.717) is 0 Å². The molecule has 0 aromatic heterocycles. The Morgan fingerprint density at radius 3 is 2.40 bits per heavy atom. The fraction of sp³-hybridized carbons (Fsp3) is 0.400. The van der Waals surface area contributed by atoms with Gasteiger partial charge in [0.1, 0.15) is 4.90 Å². The molecule has 20 heavy (non-hydrogen) atoms. The van der Waals surface area contributed by atoms with Crippen LogP contribution in [0.5, 0.6) is 0 Å². The van der Waals surface area contributed by atoms with Crippen molar-refractivity contribution in [1.29, 1.82) is 0 Å². The molecule has 10 heteroatoms. The zero-order chi connectivity index (χ0) is 15.6. The zero-order valence-electron chi connectivity index (χ0n) is 10.3. The molecule has 1 rings (SSSR count). The number of sulfonamides is 1. The monoisotopic (exact) mass is 315 g/mol. The molecule has 0 amide bonds. The van der Waals surface area contributed by atoms with E-state index in [4.69, 9.17) is 5.73 Å². The van der Waals surface area contributed by atoms with Crippen molar-refractivity contribution >= 4 is 21.4 Å². The molecule has 4 N–H and O–H groups in total. The number of hydrogen-bond donors (Lipinski definition) is 3. The smallest absolute Gasteiger partial charge is 0.324 e. The van der Waals surface area contributed by atoms with Crippen LogP contribution < -0.4 is 15.8 Å². The summed E-state index contributed by atoms with van der Waals surface area (Å²) in [5.41, 5.74) is 5.31. The van der Waals surface area contributed by atoms with Gasteiger partial charge in [-0.15, -0.1) is 0 Å². The van der Waals surface area contributed by atoms with Crippen molar-refractivity contribution in [2.45, 2.75) is 17.2 Å². The van der Waals surface area contributed by atoms with E-state index in [1.54, 1.807) is 0 Å². The van der Waals surface area contributed by atoms with Gasteiger partial charge in [-0.2, -0.15) is 8.78 Å². The van der Waals surface area contributed by atoms with Gasteiger partial charge in [0.2, 0.25) is 10.0 Å². The van der Waals surface area contributed by atoms with Gasteiger partial charge in [-0.1, -0.05) is 0 Å². The molecule has 0 fully saturated rings. The van der Waals surface area contributed by atoms with Crippen LogP contribution in [0, 0.1) is 0 Å². The van der Waals surface area contributed by atoms with Crippen LogP contribution >= 0.6 is 0 Å². The molecule has 114 valence electrons. The molecule has 0 heterocycles. The third-order valence-electron chi connectivity index (χ3n) is 2.42. The number of nitrogens with one attached hydrogen (secondary N) is 2. The number of rotatable bonds is 6. The summed E-state index contributed by atoms with van der Waals surface area (Å²) < 4.78 is 74.4. The van der Waals surface area contributed by atoms with Crippen molar-refractivity contribution in [3.05, 3.63) is 18.2 Å². The molecule has 0 saturated heterocycles. The maximum atomic E-state index is 12.7. The Morgan fingerprint density at radius 2 is 1.95 bits per heavy atom. The highest BCUT2D eigenvalue weighted by molar-refractivity contribution is 7.89. The quantitative estimate of drug-likeness (QED) is 0.548. The molecule has 5 nitrogen and oxygen atoms in total. The second kappa shape index (κ2) is 5.83. The molecule has 0 aliphatic heterocycles. The Bertz CT molecular complexity index is 578. The van der Waals surface area contributed by atoms with E-state index < -0.39 is 28.9 Å². The van der Waals surface area contributed by atoms with Gasteiger partial charge < -0.3 is 11.1 Å². The third kappa shape index (κ3) is 3.73. The number of nitrogen functional groups attached to an aromatic ring is 1. The van der Waals surface area contributed by atoms with Gasteiger partial charge in [0, 0.05) is 5.69 Å². The second-order valence-electron chi connectivity index (χ2n) is 3.88. The minimum absolute atomic E-state index is 0.0119. The van der Waals surface area contributed by atoms with Crippen LogP contribution in [0.4, 0.5) is 28.9 Å². The molecule has 1 aromatic carbocycles. The number of anilines is 2. The van der Waals surface area contributed by atoms with Gasteiger partial charge in [-0.05, 0) is 25.2 Å². The largest absolute Gasteiger partial charge is 0.398 e. The molecule has 0 radical (unpaired) electrons. The summed E-state index contributed by atoms with van der Waals surface area (Å²) in [5.74, 6) is -4.19. The first-order chi connectivity index (χ1) is 9.10. The number of halogens is 4. The summed E-state index contributed by atoms with van der Waals surface area (Å²) in [6.45, 7) is -1.29. The highest BCUT2D eigenvalue weighted by Gasteiger charge is 2.40. The molecular weight excluding hydrogens is 302 g/mol. The van der Waals surface area contributed by atoms with E-state index in [9.17, 15) is 26.0 Å². The lowest BCUT2D eigenvalue weighted by molar-refractivity contribution is -0.117. The highest BCUT2D eigenvalue weighted by atomic mass is 32.2. The standard InChI is InChI=1S/C10H13F4N3O2S/c1-16-20(18,19)8-3-2-6(4-7(8)15)17-5-10(13,14)9(11)12/h2-4,9,16-17H,5,15H2,1H3. The van der Waals surface area contributed by atoms with E-state index in [2.05, 4.69) is 5.32 Å². The fourth-order valence-electron chi connectivity index (χ4n) is 1.31. The molecule has 0 saturated carbocycles. The molecular formula is C10H13F4N3O2S. The van der Waals surface area contributed by atoms with Crippen LogP contribution in [-0.2, 0) is 10.0 Å². The fourth-order valence-corrected chi connectivity index (χ4v) is 2.15. The van der Waals surface area contributed by atoms with E-state index in [-0.39, 0.29) is 16.3 Å². The first-order valence-corrected chi connectivity index (χ1v) is 6.81. The van der Waals surface area contributed by atoms with E-state index >= 15 is 0 Å². The minimum Gasteiger partial charge on any atom is -0.398 e. The van der Waals surface area contributed by atoms with E-state index in [1.807, 2.05) is 4.72 Å². The van der Waals surface area contributed by atoms with Crippen molar-refractivity contribution in [3.8, 4) is 0 Å². The number of alkyl halides is 4. The van der Waals surface area contributed by atoms with Crippen LogP contribution in [0.1, 0.15) is 0 Å². The Balaban J connectivity index is 2.90. The first kappa shape index (κ1) is 16.5. The van der Waals surface area contributed by atoms with Crippen LogP contribution in [-0.4, -0.2) is 34.4 Å². The van der Waals surface area contributed by atoms with Crippen molar-refractivity contribution in [2.75, 3.05) is 24.6 Å². The predicted molar refractivity (Wildman–Crippen MR) is 66.5 cm³/mol. The molecule has 0 atom stereocenters. The van der Waals surface area contributed by atoms with Gasteiger partial charge in [-0.3, -0.25) is 0 Å². The van der Waals surface area contributed by atoms with Crippen LogP contribution in [0.25, 0.3) is 0 Å². The summed E-state index contributed by atoms with van der Waals surface area (Å²) in [6, 6.07) is 3.32. The van der Waals surface area contributed by atoms with Gasteiger partial charge in [0.05, 0.1) is 12.2 Å². The lowest BCUT2D eigenvalue weighted by Gasteiger charge is -2.17. The average molecular weight is 315 g/mol. The van der Waals surface area contributed by atoms with E-state index in [1.165, 1.54) is 7.05 Å². The van der Waals surface area contributed by atoms with Crippen LogP contribution in [0.3, 0.4) is 0 Å². The summed E-state index contributed by atoms with van der Waals surface area (Å²) in [6.07, 6.45) is -3.80. The normalized spacial score (nSPS) is 12.7. The number of hydrogen-bond acceptors (Lipinski definition) is 4. The Hall–Kier alpha value is -1.55. The van der Waals surface area contributed by atoms with Gasteiger partial charge in [-0.25, -0.2) is 21.9 Å². The van der Waals surface area contributed by atoms with Crippen molar-refractivity contribution < 1.29 is 26.0 Å². The summed E-state index contributed by atoms with van der Waals surface area (Å²) in [5, 5.41) is 2.08.